The van der Waals surface area contributed by atoms with Gasteiger partial charge in [-0.1, -0.05) is 11.6 Å². The molecule has 1 amide bonds. The predicted octanol–water partition coefficient (Wildman–Crippen LogP) is 3.07. The first-order valence-electron chi connectivity index (χ1n) is 10.4. The second-order valence-corrected chi connectivity index (χ2v) is 8.59. The minimum absolute atomic E-state index is 0.215. The topological polar surface area (TPSA) is 56.7 Å². The fourth-order valence-electron chi connectivity index (χ4n) is 5.07. The predicted molar refractivity (Wildman–Crippen MR) is 107 cm³/mol. The molecule has 2 saturated heterocycles. The largest absolute Gasteiger partial charge is 0.392 e. The molecule has 1 aliphatic carbocycles. The van der Waals surface area contributed by atoms with Crippen molar-refractivity contribution < 1.29 is 9.90 Å². The zero-order chi connectivity index (χ0) is 18.9. The fourth-order valence-corrected chi connectivity index (χ4v) is 5.07. The van der Waals surface area contributed by atoms with Crippen LogP contribution in [0.4, 0.5) is 5.69 Å². The van der Waals surface area contributed by atoms with Crippen LogP contribution in [0.25, 0.3) is 0 Å². The molecule has 0 aromatic carbocycles. The number of hydrogen-bond acceptors (Lipinski definition) is 4. The Kier molecular flexibility index (Phi) is 5.22. The molecule has 3 aliphatic rings. The molecule has 0 radical (unpaired) electrons. The van der Waals surface area contributed by atoms with E-state index >= 15 is 0 Å². The van der Waals surface area contributed by atoms with E-state index in [9.17, 15) is 9.90 Å². The first kappa shape index (κ1) is 18.5. The van der Waals surface area contributed by atoms with Gasteiger partial charge in [0.05, 0.1) is 6.10 Å². The minimum atomic E-state index is -0.335. The zero-order valence-electron chi connectivity index (χ0n) is 16.4. The zero-order valence-corrected chi connectivity index (χ0v) is 16.4. The third kappa shape index (κ3) is 3.88. The molecule has 146 valence electrons. The Morgan fingerprint density at radius 1 is 1.33 bits per heavy atom. The number of rotatable bonds is 3. The second-order valence-electron chi connectivity index (χ2n) is 8.59. The highest BCUT2D eigenvalue weighted by atomic mass is 16.3. The van der Waals surface area contributed by atoms with Crippen molar-refractivity contribution in [2.45, 2.75) is 58.0 Å². The molecule has 1 aromatic rings. The summed E-state index contributed by atoms with van der Waals surface area (Å²) < 4.78 is 0. The van der Waals surface area contributed by atoms with E-state index in [1.165, 1.54) is 17.7 Å². The maximum absolute atomic E-state index is 12.9. The molecule has 2 atom stereocenters. The summed E-state index contributed by atoms with van der Waals surface area (Å²) in [5.74, 6) is 0.242. The monoisotopic (exact) mass is 369 g/mol. The summed E-state index contributed by atoms with van der Waals surface area (Å²) in [4.78, 5) is 21.6. The van der Waals surface area contributed by atoms with Crippen LogP contribution in [-0.4, -0.2) is 53.2 Å². The lowest BCUT2D eigenvalue weighted by Crippen LogP contribution is -2.60. The summed E-state index contributed by atoms with van der Waals surface area (Å²) in [6.07, 6.45) is 10.4. The molecule has 0 bridgehead atoms. The van der Waals surface area contributed by atoms with Gasteiger partial charge in [0, 0.05) is 55.6 Å². The van der Waals surface area contributed by atoms with Crippen molar-refractivity contribution in [2.24, 2.45) is 5.41 Å². The highest BCUT2D eigenvalue weighted by molar-refractivity contribution is 5.79. The van der Waals surface area contributed by atoms with Gasteiger partial charge in [0.1, 0.15) is 0 Å². The van der Waals surface area contributed by atoms with Gasteiger partial charge in [0.2, 0.25) is 5.91 Å². The van der Waals surface area contributed by atoms with Crippen molar-refractivity contribution in [3.63, 3.8) is 0 Å². The number of aliphatic hydroxyl groups excluding tert-OH is 1. The number of hydrogen-bond donors (Lipinski definition) is 1. The van der Waals surface area contributed by atoms with Gasteiger partial charge in [0.25, 0.3) is 0 Å². The number of piperidine rings is 2. The lowest BCUT2D eigenvalue weighted by Gasteiger charge is -2.51. The maximum atomic E-state index is 12.9. The van der Waals surface area contributed by atoms with Gasteiger partial charge in [-0.05, 0) is 57.6 Å². The number of amides is 1. The first-order chi connectivity index (χ1) is 13.1. The van der Waals surface area contributed by atoms with E-state index in [-0.39, 0.29) is 17.4 Å². The van der Waals surface area contributed by atoms with Crippen LogP contribution in [0.3, 0.4) is 0 Å². The van der Waals surface area contributed by atoms with Crippen LogP contribution in [0.2, 0.25) is 0 Å². The Labute approximate surface area is 162 Å². The number of allylic oxidation sites excluding steroid dienone is 1. The van der Waals surface area contributed by atoms with Crippen LogP contribution in [0.15, 0.2) is 30.0 Å². The molecule has 0 saturated carbocycles. The summed E-state index contributed by atoms with van der Waals surface area (Å²) in [5.41, 5.74) is 3.27. The van der Waals surface area contributed by atoms with E-state index in [2.05, 4.69) is 28.1 Å². The number of aryl methyl sites for hydroxylation is 1. The summed E-state index contributed by atoms with van der Waals surface area (Å²) >= 11 is 0. The van der Waals surface area contributed by atoms with Crippen LogP contribution in [0.1, 0.15) is 50.6 Å². The lowest BCUT2D eigenvalue weighted by atomic mass is 9.71. The van der Waals surface area contributed by atoms with E-state index in [1.54, 1.807) is 0 Å². The van der Waals surface area contributed by atoms with Crippen molar-refractivity contribution in [1.82, 2.24) is 9.88 Å². The van der Waals surface area contributed by atoms with Crippen LogP contribution in [0.5, 0.6) is 0 Å². The van der Waals surface area contributed by atoms with Gasteiger partial charge in [-0.15, -0.1) is 0 Å². The van der Waals surface area contributed by atoms with E-state index in [4.69, 9.17) is 0 Å². The number of likely N-dealkylation sites (tertiary alicyclic amines) is 1. The van der Waals surface area contributed by atoms with Crippen molar-refractivity contribution in [1.29, 1.82) is 0 Å². The number of carbonyl (C=O) groups excluding carboxylic acids is 1. The van der Waals surface area contributed by atoms with E-state index in [0.29, 0.717) is 13.0 Å². The summed E-state index contributed by atoms with van der Waals surface area (Å²) in [6.45, 7) is 5.18. The van der Waals surface area contributed by atoms with Crippen LogP contribution < -0.4 is 4.90 Å². The normalized spacial score (nSPS) is 28.5. The van der Waals surface area contributed by atoms with E-state index in [1.807, 2.05) is 18.0 Å². The fraction of sp³-hybridized carbons (Fsp3) is 0.636. The molecular weight excluding hydrogens is 338 g/mol. The Hall–Kier alpha value is -1.88. The van der Waals surface area contributed by atoms with Crippen molar-refractivity contribution in [3.05, 3.63) is 35.7 Å². The lowest BCUT2D eigenvalue weighted by molar-refractivity contribution is -0.137. The van der Waals surface area contributed by atoms with Crippen molar-refractivity contribution in [3.8, 4) is 0 Å². The standard InChI is InChI=1S/C22H31N3O2/c1-17-13-19(7-10-23-17)24-12-8-20(26)22(15-24)9-4-11-25(16-22)21(27)14-18-5-2-3-6-18/h5,7,10,13,20,26H,2-4,6,8-9,11-12,14-16H2,1H3/t20-,22-/m1/s1. The molecule has 5 nitrogen and oxygen atoms in total. The number of anilines is 1. The summed E-state index contributed by atoms with van der Waals surface area (Å²) in [7, 11) is 0. The molecule has 5 heteroatoms. The first-order valence-corrected chi connectivity index (χ1v) is 10.4. The van der Waals surface area contributed by atoms with E-state index in [0.717, 1.165) is 57.4 Å². The molecule has 4 rings (SSSR count). The Bertz CT molecular complexity index is 732. The van der Waals surface area contributed by atoms with Gasteiger partial charge in [-0.3, -0.25) is 9.78 Å². The Balaban J connectivity index is 1.48. The third-order valence-corrected chi connectivity index (χ3v) is 6.60. The SMILES string of the molecule is Cc1cc(N2CC[C@@H](O)[C@]3(CCCN(C(=O)CC4=CCCC4)C3)C2)ccn1. The molecule has 3 heterocycles. The Morgan fingerprint density at radius 2 is 2.22 bits per heavy atom. The number of aromatic nitrogens is 1. The number of pyridine rings is 1. The van der Waals surface area contributed by atoms with Gasteiger partial charge < -0.3 is 14.9 Å². The van der Waals surface area contributed by atoms with Gasteiger partial charge >= 0.3 is 0 Å². The van der Waals surface area contributed by atoms with Crippen LogP contribution >= 0.6 is 0 Å². The average molecular weight is 370 g/mol. The van der Waals surface area contributed by atoms with Crippen molar-refractivity contribution in [2.75, 3.05) is 31.1 Å². The molecule has 1 aromatic heterocycles. The molecule has 0 unspecified atom stereocenters. The Morgan fingerprint density at radius 3 is 3.00 bits per heavy atom. The van der Waals surface area contributed by atoms with Crippen molar-refractivity contribution >= 4 is 11.6 Å². The van der Waals surface area contributed by atoms with Crippen LogP contribution in [-0.2, 0) is 4.79 Å². The molecule has 1 N–H and O–H groups in total. The summed E-state index contributed by atoms with van der Waals surface area (Å²) in [5, 5.41) is 10.9. The number of nitrogens with zero attached hydrogens (tertiary/aromatic N) is 3. The highest BCUT2D eigenvalue weighted by Crippen LogP contribution is 2.40. The third-order valence-electron chi connectivity index (χ3n) is 6.60. The molecule has 2 aliphatic heterocycles. The molecule has 2 fully saturated rings. The summed E-state index contributed by atoms with van der Waals surface area (Å²) in [6, 6.07) is 4.17. The molecular formula is C22H31N3O2. The maximum Gasteiger partial charge on any atom is 0.226 e. The van der Waals surface area contributed by atoms with Gasteiger partial charge in [0.15, 0.2) is 0 Å². The van der Waals surface area contributed by atoms with Crippen LogP contribution in [0, 0.1) is 12.3 Å². The number of carbonyl (C=O) groups is 1. The second kappa shape index (κ2) is 7.63. The highest BCUT2D eigenvalue weighted by Gasteiger charge is 2.46. The quantitative estimate of drug-likeness (QED) is 0.832. The van der Waals surface area contributed by atoms with Gasteiger partial charge in [-0.25, -0.2) is 0 Å². The smallest absolute Gasteiger partial charge is 0.226 e. The van der Waals surface area contributed by atoms with Gasteiger partial charge in [-0.2, -0.15) is 0 Å². The minimum Gasteiger partial charge on any atom is -0.392 e. The number of aliphatic hydroxyl groups is 1. The molecule has 27 heavy (non-hydrogen) atoms. The average Bonchev–Trinajstić information content (AvgIpc) is 3.17. The molecule has 1 spiro atoms. The van der Waals surface area contributed by atoms with E-state index < -0.39 is 0 Å².